The summed E-state index contributed by atoms with van der Waals surface area (Å²) in [6.45, 7) is 1.09. The number of nitrogens with zero attached hydrogens (tertiary/aromatic N) is 2. The zero-order valence-electron chi connectivity index (χ0n) is 14.5. The molecule has 3 aromatic rings. The molecule has 0 spiro atoms. The zero-order chi connectivity index (χ0) is 19.9. The number of nitrogens with one attached hydrogen (secondary N) is 1. The Hall–Kier alpha value is -1.71. The Morgan fingerprint density at radius 1 is 1.11 bits per heavy atom. The van der Waals surface area contributed by atoms with Crippen LogP contribution in [0, 0.1) is 0 Å². The molecule has 0 saturated carbocycles. The van der Waals surface area contributed by atoms with Gasteiger partial charge in [0.2, 0.25) is 10.0 Å². The number of halogens is 2. The fraction of sp³-hybridized carbons (Fsp3) is 0.222. The van der Waals surface area contributed by atoms with Crippen LogP contribution in [0.4, 0.5) is 5.13 Å². The first-order valence-electron chi connectivity index (χ1n) is 8.52. The van der Waals surface area contributed by atoms with Gasteiger partial charge in [0.1, 0.15) is 0 Å². The highest BCUT2D eigenvalue weighted by Crippen LogP contribution is 2.31. The van der Waals surface area contributed by atoms with E-state index in [0.717, 1.165) is 12.8 Å². The van der Waals surface area contributed by atoms with E-state index in [9.17, 15) is 13.2 Å². The number of carbonyl (C=O) groups excluding carboxylic acids is 1. The number of carbonyl (C=O) groups is 1. The number of fused-ring (bicyclic) bond motifs is 1. The monoisotopic (exact) mass is 455 g/mol. The SMILES string of the molecule is O=C(Nc1nc2ccc(S(=O)(=O)N3CCCC3)cc2s1)c1cc(Cl)ccc1Cl. The summed E-state index contributed by atoms with van der Waals surface area (Å²) < 4.78 is 27.6. The van der Waals surface area contributed by atoms with Gasteiger partial charge in [0.15, 0.2) is 5.13 Å². The number of thiazole rings is 1. The van der Waals surface area contributed by atoms with E-state index in [1.165, 1.54) is 21.7 Å². The van der Waals surface area contributed by atoms with Gasteiger partial charge in [-0.05, 0) is 49.2 Å². The first kappa shape index (κ1) is 19.6. The van der Waals surface area contributed by atoms with Crippen LogP contribution in [0.3, 0.4) is 0 Å². The van der Waals surface area contributed by atoms with Gasteiger partial charge in [0.25, 0.3) is 5.91 Å². The van der Waals surface area contributed by atoms with Crippen molar-refractivity contribution < 1.29 is 13.2 Å². The Morgan fingerprint density at radius 2 is 1.86 bits per heavy atom. The molecular weight excluding hydrogens is 441 g/mol. The van der Waals surface area contributed by atoms with Crippen LogP contribution in [-0.2, 0) is 10.0 Å². The largest absolute Gasteiger partial charge is 0.298 e. The maximum atomic E-state index is 12.7. The minimum absolute atomic E-state index is 0.237. The number of anilines is 1. The van der Waals surface area contributed by atoms with E-state index in [1.807, 2.05) is 0 Å². The van der Waals surface area contributed by atoms with Crippen molar-refractivity contribution in [3.8, 4) is 0 Å². The number of sulfonamides is 1. The van der Waals surface area contributed by atoms with Gasteiger partial charge in [-0.2, -0.15) is 4.31 Å². The van der Waals surface area contributed by atoms with E-state index < -0.39 is 15.9 Å². The normalized spacial score (nSPS) is 15.2. The van der Waals surface area contributed by atoms with Crippen molar-refractivity contribution in [2.24, 2.45) is 0 Å². The van der Waals surface area contributed by atoms with Crippen LogP contribution < -0.4 is 5.32 Å². The summed E-state index contributed by atoms with van der Waals surface area (Å²) in [7, 11) is -3.50. The van der Waals surface area contributed by atoms with Crippen LogP contribution in [0.25, 0.3) is 10.2 Å². The number of amides is 1. The van der Waals surface area contributed by atoms with Crippen LogP contribution in [0.5, 0.6) is 0 Å². The van der Waals surface area contributed by atoms with E-state index >= 15 is 0 Å². The third kappa shape index (κ3) is 3.75. The van der Waals surface area contributed by atoms with Crippen molar-refractivity contribution >= 4 is 65.8 Å². The molecule has 0 atom stereocenters. The Bertz CT molecular complexity index is 1170. The molecule has 2 aromatic carbocycles. The van der Waals surface area contributed by atoms with Crippen LogP contribution in [0.2, 0.25) is 10.0 Å². The Labute approximate surface area is 176 Å². The van der Waals surface area contributed by atoms with Crippen LogP contribution in [-0.4, -0.2) is 36.7 Å². The molecule has 1 N–H and O–H groups in total. The fourth-order valence-corrected chi connectivity index (χ4v) is 5.93. The quantitative estimate of drug-likeness (QED) is 0.621. The molecule has 0 bridgehead atoms. The second-order valence-corrected chi connectivity index (χ2v) is 10.2. The van der Waals surface area contributed by atoms with Crippen molar-refractivity contribution in [3.05, 3.63) is 52.0 Å². The molecule has 1 aliphatic heterocycles. The summed E-state index contributed by atoms with van der Waals surface area (Å²) in [5, 5.41) is 3.73. The van der Waals surface area contributed by atoms with Gasteiger partial charge in [-0.1, -0.05) is 34.5 Å². The van der Waals surface area contributed by atoms with Gasteiger partial charge in [-0.15, -0.1) is 0 Å². The molecule has 0 aliphatic carbocycles. The summed E-state index contributed by atoms with van der Waals surface area (Å²) in [6.07, 6.45) is 1.76. The molecule has 1 aliphatic rings. The average molecular weight is 456 g/mol. The highest BCUT2D eigenvalue weighted by atomic mass is 35.5. The topological polar surface area (TPSA) is 79.4 Å². The summed E-state index contributed by atoms with van der Waals surface area (Å²) in [5.74, 6) is -0.434. The van der Waals surface area contributed by atoms with Gasteiger partial charge < -0.3 is 0 Å². The summed E-state index contributed by atoms with van der Waals surface area (Å²) >= 11 is 13.2. The van der Waals surface area contributed by atoms with Gasteiger partial charge in [-0.3, -0.25) is 10.1 Å². The van der Waals surface area contributed by atoms with E-state index in [1.54, 1.807) is 30.3 Å². The minimum atomic E-state index is -3.50. The first-order valence-corrected chi connectivity index (χ1v) is 11.5. The molecule has 1 saturated heterocycles. The molecule has 4 rings (SSSR count). The lowest BCUT2D eigenvalue weighted by molar-refractivity contribution is 0.102. The number of rotatable bonds is 4. The molecule has 6 nitrogen and oxygen atoms in total. The van der Waals surface area contributed by atoms with Crippen LogP contribution in [0.15, 0.2) is 41.3 Å². The molecule has 2 heterocycles. The molecule has 10 heteroatoms. The smallest absolute Gasteiger partial charge is 0.259 e. The maximum Gasteiger partial charge on any atom is 0.259 e. The van der Waals surface area contributed by atoms with Crippen molar-refractivity contribution in [3.63, 3.8) is 0 Å². The lowest BCUT2D eigenvalue weighted by Gasteiger charge is -2.15. The molecular formula is C18H15Cl2N3O3S2. The molecule has 28 heavy (non-hydrogen) atoms. The predicted molar refractivity (Wildman–Crippen MR) is 112 cm³/mol. The Kier molecular flexibility index (Phi) is 5.32. The van der Waals surface area contributed by atoms with Crippen molar-refractivity contribution in [1.82, 2.24) is 9.29 Å². The molecule has 146 valence electrons. The van der Waals surface area contributed by atoms with Gasteiger partial charge in [-0.25, -0.2) is 13.4 Å². The molecule has 1 aromatic heterocycles. The Morgan fingerprint density at radius 3 is 2.61 bits per heavy atom. The number of hydrogen-bond donors (Lipinski definition) is 1. The second kappa shape index (κ2) is 7.61. The third-order valence-electron chi connectivity index (χ3n) is 4.46. The van der Waals surface area contributed by atoms with Gasteiger partial charge in [0, 0.05) is 18.1 Å². The highest BCUT2D eigenvalue weighted by molar-refractivity contribution is 7.89. The van der Waals surface area contributed by atoms with Crippen LogP contribution >= 0.6 is 34.5 Å². The van der Waals surface area contributed by atoms with Gasteiger partial charge in [0.05, 0.1) is 25.7 Å². The lowest BCUT2D eigenvalue weighted by atomic mass is 10.2. The number of benzene rings is 2. The van der Waals surface area contributed by atoms with Crippen LogP contribution in [0.1, 0.15) is 23.2 Å². The van der Waals surface area contributed by atoms with Crippen molar-refractivity contribution in [2.45, 2.75) is 17.7 Å². The predicted octanol–water partition coefficient (Wildman–Crippen LogP) is 4.64. The second-order valence-electron chi connectivity index (χ2n) is 6.34. The molecule has 0 unspecified atom stereocenters. The molecule has 0 radical (unpaired) electrons. The third-order valence-corrected chi connectivity index (χ3v) is 7.85. The van der Waals surface area contributed by atoms with Crippen molar-refractivity contribution in [1.29, 1.82) is 0 Å². The fourth-order valence-electron chi connectivity index (χ4n) is 3.03. The van der Waals surface area contributed by atoms with Gasteiger partial charge >= 0.3 is 0 Å². The standard InChI is InChI=1S/C18H15Cl2N3O3S2/c19-11-3-5-14(20)13(9-11)17(24)22-18-21-15-6-4-12(10-16(15)27-18)28(25,26)23-7-1-2-8-23/h3-6,9-10H,1-2,7-8H2,(H,21,22,24). The number of hydrogen-bond acceptors (Lipinski definition) is 5. The summed E-state index contributed by atoms with van der Waals surface area (Å²) in [6, 6.07) is 9.43. The zero-order valence-corrected chi connectivity index (χ0v) is 17.6. The van der Waals surface area contributed by atoms with E-state index in [-0.39, 0.29) is 15.5 Å². The maximum absolute atomic E-state index is 12.7. The average Bonchev–Trinajstić information content (AvgIpc) is 3.32. The molecule has 1 fully saturated rings. The van der Waals surface area contributed by atoms with E-state index in [0.29, 0.717) is 33.5 Å². The lowest BCUT2D eigenvalue weighted by Crippen LogP contribution is -2.27. The minimum Gasteiger partial charge on any atom is -0.298 e. The first-order chi connectivity index (χ1) is 13.3. The Balaban J connectivity index is 1.61. The molecule has 1 amide bonds. The summed E-state index contributed by atoms with van der Waals surface area (Å²) in [5.41, 5.74) is 0.851. The highest BCUT2D eigenvalue weighted by Gasteiger charge is 2.27. The van der Waals surface area contributed by atoms with E-state index in [4.69, 9.17) is 23.2 Å². The van der Waals surface area contributed by atoms with Crippen molar-refractivity contribution in [2.75, 3.05) is 18.4 Å². The number of aromatic nitrogens is 1. The van der Waals surface area contributed by atoms with E-state index in [2.05, 4.69) is 10.3 Å². The summed E-state index contributed by atoms with van der Waals surface area (Å²) in [4.78, 5) is 17.1.